The fourth-order valence-electron chi connectivity index (χ4n) is 3.34. The highest BCUT2D eigenvalue weighted by Gasteiger charge is 2.32. The summed E-state index contributed by atoms with van der Waals surface area (Å²) in [5.74, 6) is 0.960. The summed E-state index contributed by atoms with van der Waals surface area (Å²) in [5.41, 5.74) is 7.97. The summed E-state index contributed by atoms with van der Waals surface area (Å²) in [4.78, 5) is 12.2. The Labute approximate surface area is 138 Å². The number of hydrogen-bond donors (Lipinski definition) is 2. The zero-order valence-electron chi connectivity index (χ0n) is 13.6. The minimum atomic E-state index is 0. The van der Waals surface area contributed by atoms with Gasteiger partial charge in [0.15, 0.2) is 0 Å². The van der Waals surface area contributed by atoms with Gasteiger partial charge in [-0.25, -0.2) is 0 Å². The maximum absolute atomic E-state index is 12.2. The number of carbonyl (C=O) groups excluding carboxylic acids is 1. The number of nitrogens with two attached hydrogens (primary N) is 1. The van der Waals surface area contributed by atoms with E-state index in [9.17, 15) is 4.79 Å². The number of nitrogens with one attached hydrogen (secondary N) is 1. The molecule has 3 N–H and O–H groups in total. The maximum Gasteiger partial charge on any atom is 0.220 e. The maximum atomic E-state index is 12.2. The highest BCUT2D eigenvalue weighted by Crippen LogP contribution is 2.38. The smallest absolute Gasteiger partial charge is 0.220 e. The van der Waals surface area contributed by atoms with Gasteiger partial charge >= 0.3 is 0 Å². The fraction of sp³-hybridized carbons (Fsp3) is 0.750. The van der Waals surface area contributed by atoms with Crippen molar-refractivity contribution < 1.29 is 9.32 Å². The highest BCUT2D eigenvalue weighted by atomic mass is 35.5. The van der Waals surface area contributed by atoms with E-state index in [2.05, 4.69) is 10.5 Å². The largest absolute Gasteiger partial charge is 0.361 e. The first kappa shape index (κ1) is 19.0. The summed E-state index contributed by atoms with van der Waals surface area (Å²) in [5, 5.41) is 6.95. The number of halogens is 1. The van der Waals surface area contributed by atoms with Gasteiger partial charge in [0.2, 0.25) is 5.91 Å². The molecule has 1 amide bonds. The summed E-state index contributed by atoms with van der Waals surface area (Å²) >= 11 is 0. The van der Waals surface area contributed by atoms with Crippen LogP contribution in [-0.4, -0.2) is 24.2 Å². The van der Waals surface area contributed by atoms with Gasteiger partial charge in [-0.15, -0.1) is 12.4 Å². The SMILES string of the molecule is Cc1noc(C)c1CCNC(=O)CC1(CN)CCCCC1.Cl. The molecule has 0 radical (unpaired) electrons. The quantitative estimate of drug-likeness (QED) is 0.840. The first-order chi connectivity index (χ1) is 10.1. The van der Waals surface area contributed by atoms with E-state index in [1.165, 1.54) is 19.3 Å². The fourth-order valence-corrected chi connectivity index (χ4v) is 3.34. The lowest BCUT2D eigenvalue weighted by Crippen LogP contribution is -2.39. The van der Waals surface area contributed by atoms with E-state index in [4.69, 9.17) is 10.3 Å². The highest BCUT2D eigenvalue weighted by molar-refractivity contribution is 5.85. The van der Waals surface area contributed by atoms with Crippen LogP contribution in [0.25, 0.3) is 0 Å². The number of aromatic nitrogens is 1. The summed E-state index contributed by atoms with van der Waals surface area (Å²) in [6.45, 7) is 5.08. The molecule has 6 heteroatoms. The predicted molar refractivity (Wildman–Crippen MR) is 89.1 cm³/mol. The second-order valence-electron chi connectivity index (χ2n) is 6.34. The van der Waals surface area contributed by atoms with Crippen LogP contribution in [0.3, 0.4) is 0 Å². The van der Waals surface area contributed by atoms with Crippen molar-refractivity contribution in [2.45, 2.75) is 58.8 Å². The van der Waals surface area contributed by atoms with Gasteiger partial charge in [-0.05, 0) is 45.1 Å². The topological polar surface area (TPSA) is 81.2 Å². The Morgan fingerprint density at radius 3 is 2.55 bits per heavy atom. The van der Waals surface area contributed by atoms with Crippen molar-refractivity contribution in [1.82, 2.24) is 10.5 Å². The van der Waals surface area contributed by atoms with Crippen LogP contribution in [0.4, 0.5) is 0 Å². The lowest BCUT2D eigenvalue weighted by Gasteiger charge is -2.35. The number of carbonyl (C=O) groups is 1. The van der Waals surface area contributed by atoms with E-state index in [0.717, 1.165) is 36.3 Å². The predicted octanol–water partition coefficient (Wildman–Crippen LogP) is 2.67. The van der Waals surface area contributed by atoms with Crippen molar-refractivity contribution in [1.29, 1.82) is 0 Å². The van der Waals surface area contributed by atoms with Gasteiger partial charge in [-0.3, -0.25) is 4.79 Å². The molecule has 5 nitrogen and oxygen atoms in total. The number of aryl methyl sites for hydroxylation is 2. The molecule has 22 heavy (non-hydrogen) atoms. The van der Waals surface area contributed by atoms with Gasteiger partial charge < -0.3 is 15.6 Å². The lowest BCUT2D eigenvalue weighted by atomic mass is 9.71. The third-order valence-corrected chi connectivity index (χ3v) is 4.76. The molecule has 0 unspecified atom stereocenters. The van der Waals surface area contributed by atoms with Gasteiger partial charge in [0.05, 0.1) is 5.69 Å². The normalized spacial score (nSPS) is 16.9. The van der Waals surface area contributed by atoms with Crippen LogP contribution in [0.2, 0.25) is 0 Å². The molecule has 1 fully saturated rings. The molecule has 1 aromatic heterocycles. The lowest BCUT2D eigenvalue weighted by molar-refractivity contribution is -0.123. The molecule has 126 valence electrons. The Hall–Kier alpha value is -1.07. The number of nitrogens with zero attached hydrogens (tertiary/aromatic N) is 1. The van der Waals surface area contributed by atoms with Crippen LogP contribution in [0.5, 0.6) is 0 Å². The van der Waals surface area contributed by atoms with E-state index < -0.39 is 0 Å². The molecule has 1 saturated carbocycles. The Balaban J connectivity index is 0.00000242. The van der Waals surface area contributed by atoms with E-state index in [1.807, 2.05) is 13.8 Å². The summed E-state index contributed by atoms with van der Waals surface area (Å²) in [6, 6.07) is 0. The minimum absolute atomic E-state index is 0. The molecular weight excluding hydrogens is 302 g/mol. The molecule has 0 spiro atoms. The zero-order valence-corrected chi connectivity index (χ0v) is 14.4. The molecule has 0 aliphatic heterocycles. The van der Waals surface area contributed by atoms with Crippen molar-refractivity contribution in [2.75, 3.05) is 13.1 Å². The van der Waals surface area contributed by atoms with Crippen molar-refractivity contribution in [3.05, 3.63) is 17.0 Å². The minimum Gasteiger partial charge on any atom is -0.361 e. The van der Waals surface area contributed by atoms with E-state index in [-0.39, 0.29) is 23.7 Å². The van der Waals surface area contributed by atoms with Gasteiger partial charge in [0.25, 0.3) is 0 Å². The average molecular weight is 330 g/mol. The van der Waals surface area contributed by atoms with Crippen molar-refractivity contribution in [3.63, 3.8) is 0 Å². The molecule has 1 heterocycles. The number of rotatable bonds is 6. The average Bonchev–Trinajstić information content (AvgIpc) is 2.80. The van der Waals surface area contributed by atoms with Crippen LogP contribution in [0.1, 0.15) is 55.5 Å². The van der Waals surface area contributed by atoms with Crippen LogP contribution < -0.4 is 11.1 Å². The Morgan fingerprint density at radius 2 is 2.00 bits per heavy atom. The van der Waals surface area contributed by atoms with Crippen molar-refractivity contribution in [3.8, 4) is 0 Å². The van der Waals surface area contributed by atoms with E-state index in [1.54, 1.807) is 0 Å². The first-order valence-electron chi connectivity index (χ1n) is 7.95. The Bertz CT molecular complexity index is 462. The number of hydrogen-bond acceptors (Lipinski definition) is 4. The van der Waals surface area contributed by atoms with Crippen LogP contribution in [0.15, 0.2) is 4.52 Å². The molecule has 0 aromatic carbocycles. The van der Waals surface area contributed by atoms with E-state index in [0.29, 0.717) is 19.5 Å². The van der Waals surface area contributed by atoms with Gasteiger partial charge in [0, 0.05) is 18.5 Å². The summed E-state index contributed by atoms with van der Waals surface area (Å²) in [6.07, 6.45) is 7.16. The second kappa shape index (κ2) is 8.53. The third kappa shape index (κ3) is 4.71. The zero-order chi connectivity index (χ0) is 15.3. The van der Waals surface area contributed by atoms with Crippen molar-refractivity contribution in [2.24, 2.45) is 11.1 Å². The molecule has 1 aliphatic carbocycles. The Morgan fingerprint density at radius 1 is 1.32 bits per heavy atom. The van der Waals surface area contributed by atoms with Crippen molar-refractivity contribution >= 4 is 18.3 Å². The molecule has 2 rings (SSSR count). The Kier molecular flexibility index (Phi) is 7.36. The number of amides is 1. The second-order valence-corrected chi connectivity index (χ2v) is 6.34. The van der Waals surface area contributed by atoms with Gasteiger partial charge in [0.1, 0.15) is 5.76 Å². The van der Waals surface area contributed by atoms with Gasteiger partial charge in [-0.2, -0.15) is 0 Å². The molecular formula is C16H28ClN3O2. The van der Waals surface area contributed by atoms with Crippen LogP contribution in [0, 0.1) is 19.3 Å². The van der Waals surface area contributed by atoms with Crippen LogP contribution >= 0.6 is 12.4 Å². The summed E-state index contributed by atoms with van der Waals surface area (Å²) in [7, 11) is 0. The molecule has 0 saturated heterocycles. The molecule has 0 atom stereocenters. The summed E-state index contributed by atoms with van der Waals surface area (Å²) < 4.78 is 5.13. The van der Waals surface area contributed by atoms with E-state index >= 15 is 0 Å². The molecule has 1 aliphatic rings. The van der Waals surface area contributed by atoms with Crippen LogP contribution in [-0.2, 0) is 11.2 Å². The molecule has 0 bridgehead atoms. The monoisotopic (exact) mass is 329 g/mol. The standard InChI is InChI=1S/C16H27N3O2.ClH/c1-12-14(13(2)21-19-12)6-9-18-15(20)10-16(11-17)7-4-3-5-8-16;/h3-11,17H2,1-2H3,(H,18,20);1H. The third-order valence-electron chi connectivity index (χ3n) is 4.76. The molecule has 1 aromatic rings. The first-order valence-corrected chi connectivity index (χ1v) is 7.95. The van der Waals surface area contributed by atoms with Gasteiger partial charge in [-0.1, -0.05) is 24.4 Å².